The molecule has 1 amide bonds. The Balaban J connectivity index is 1.60. The molecule has 1 aliphatic rings. The zero-order valence-corrected chi connectivity index (χ0v) is 16.9. The lowest BCUT2D eigenvalue weighted by atomic mass is 9.88. The van der Waals surface area contributed by atoms with Crippen molar-refractivity contribution in [2.45, 2.75) is 31.1 Å². The average Bonchev–Trinajstić information content (AvgIpc) is 3.15. The zero-order chi connectivity index (χ0) is 18.5. The van der Waals surface area contributed by atoms with Gasteiger partial charge >= 0.3 is 0 Å². The number of carbonyl (C=O) groups excluding carboxylic acids is 1. The summed E-state index contributed by atoms with van der Waals surface area (Å²) in [5.41, 5.74) is 2.60. The smallest absolute Gasteiger partial charge is 0.258 e. The van der Waals surface area contributed by atoms with Crippen LogP contribution in [0.1, 0.15) is 34.1 Å². The molecular weight excluding hydrogens is 388 g/mol. The van der Waals surface area contributed by atoms with Crippen LogP contribution >= 0.6 is 22.7 Å². The third-order valence-corrected chi connectivity index (χ3v) is 7.75. The molecular formula is C18H18N2O3S3. The topological polar surface area (TPSA) is 76.1 Å². The standard InChI is InChI=1S/C18H18N2O3S3/c1-10-3-5-12-13(9-24-15(12)7-10)17(21)20-18-19-14-6-4-11(26(2,22)23)8-16(14)25-18/h4,6,8-10H,3,5,7H2,1-2H3,(H,19,20,21)/t10-/m1/s1. The first-order valence-corrected chi connectivity index (χ1v) is 11.9. The Kier molecular flexibility index (Phi) is 4.37. The number of amides is 1. The summed E-state index contributed by atoms with van der Waals surface area (Å²) >= 11 is 2.95. The van der Waals surface area contributed by atoms with Crippen LogP contribution in [0.25, 0.3) is 10.2 Å². The summed E-state index contributed by atoms with van der Waals surface area (Å²) < 4.78 is 24.1. The van der Waals surface area contributed by atoms with Crippen LogP contribution in [0.5, 0.6) is 0 Å². The molecule has 0 radical (unpaired) electrons. The Morgan fingerprint density at radius 3 is 2.92 bits per heavy atom. The molecule has 1 aliphatic carbocycles. The molecule has 26 heavy (non-hydrogen) atoms. The summed E-state index contributed by atoms with van der Waals surface area (Å²) in [6, 6.07) is 4.82. The second-order valence-corrected chi connectivity index (χ2v) is 10.8. The number of nitrogens with one attached hydrogen (secondary N) is 1. The van der Waals surface area contributed by atoms with Gasteiger partial charge < -0.3 is 0 Å². The van der Waals surface area contributed by atoms with E-state index in [9.17, 15) is 13.2 Å². The van der Waals surface area contributed by atoms with Gasteiger partial charge in [-0.2, -0.15) is 0 Å². The highest BCUT2D eigenvalue weighted by molar-refractivity contribution is 7.90. The lowest BCUT2D eigenvalue weighted by molar-refractivity contribution is 0.102. The molecule has 5 nitrogen and oxygen atoms in total. The molecule has 1 N–H and O–H groups in total. The van der Waals surface area contributed by atoms with E-state index in [1.807, 2.05) is 5.38 Å². The fourth-order valence-corrected chi connectivity index (χ4v) is 6.09. The van der Waals surface area contributed by atoms with Gasteiger partial charge in [0.1, 0.15) is 0 Å². The van der Waals surface area contributed by atoms with Gasteiger partial charge in [0.05, 0.1) is 20.7 Å². The summed E-state index contributed by atoms with van der Waals surface area (Å²) in [6.07, 6.45) is 4.28. The van der Waals surface area contributed by atoms with E-state index in [0.29, 0.717) is 16.6 Å². The minimum atomic E-state index is -3.27. The van der Waals surface area contributed by atoms with E-state index in [0.717, 1.165) is 29.5 Å². The number of carbonyl (C=O) groups is 1. The maximum Gasteiger partial charge on any atom is 0.258 e. The average molecular weight is 407 g/mol. The molecule has 0 unspecified atom stereocenters. The SMILES string of the molecule is C[C@@H]1CCc2c(C(=O)Nc3nc4ccc(S(C)(=O)=O)cc4s3)csc2C1. The second kappa shape index (κ2) is 6.44. The van der Waals surface area contributed by atoms with Gasteiger partial charge in [0.25, 0.3) is 5.91 Å². The number of anilines is 1. The molecule has 1 aromatic carbocycles. The van der Waals surface area contributed by atoms with E-state index in [1.54, 1.807) is 29.5 Å². The molecule has 0 spiro atoms. The van der Waals surface area contributed by atoms with Crippen LogP contribution in [0.3, 0.4) is 0 Å². The lowest BCUT2D eigenvalue weighted by Crippen LogP contribution is -2.16. The summed E-state index contributed by atoms with van der Waals surface area (Å²) in [6.45, 7) is 2.24. The van der Waals surface area contributed by atoms with Crippen molar-refractivity contribution in [3.63, 3.8) is 0 Å². The highest BCUT2D eigenvalue weighted by Crippen LogP contribution is 2.34. The van der Waals surface area contributed by atoms with Crippen molar-refractivity contribution in [1.29, 1.82) is 0 Å². The van der Waals surface area contributed by atoms with Gasteiger partial charge in [-0.25, -0.2) is 13.4 Å². The summed E-state index contributed by atoms with van der Waals surface area (Å²) in [4.78, 5) is 18.7. The van der Waals surface area contributed by atoms with Crippen LogP contribution in [0, 0.1) is 5.92 Å². The fraction of sp³-hybridized carbons (Fsp3) is 0.333. The number of hydrogen-bond donors (Lipinski definition) is 1. The molecule has 0 fully saturated rings. The molecule has 8 heteroatoms. The Morgan fingerprint density at radius 1 is 1.35 bits per heavy atom. The maximum atomic E-state index is 12.7. The van der Waals surface area contributed by atoms with Gasteiger partial charge in [0.15, 0.2) is 15.0 Å². The van der Waals surface area contributed by atoms with Crippen LogP contribution in [-0.2, 0) is 22.7 Å². The minimum absolute atomic E-state index is 0.139. The van der Waals surface area contributed by atoms with Gasteiger partial charge in [-0.15, -0.1) is 11.3 Å². The van der Waals surface area contributed by atoms with Crippen molar-refractivity contribution >= 4 is 53.8 Å². The Labute approximate surface area is 160 Å². The number of aromatic nitrogens is 1. The maximum absolute atomic E-state index is 12.7. The summed E-state index contributed by atoms with van der Waals surface area (Å²) in [5.74, 6) is 0.532. The van der Waals surface area contributed by atoms with Gasteiger partial charge in [-0.05, 0) is 48.9 Å². The van der Waals surface area contributed by atoms with Gasteiger partial charge in [0, 0.05) is 16.5 Å². The Hall–Kier alpha value is -1.77. The third-order valence-electron chi connectivity index (χ3n) is 4.65. The lowest BCUT2D eigenvalue weighted by Gasteiger charge is -2.18. The minimum Gasteiger partial charge on any atom is -0.298 e. The highest BCUT2D eigenvalue weighted by atomic mass is 32.2. The number of thiophene rings is 1. The molecule has 0 bridgehead atoms. The van der Waals surface area contributed by atoms with Crippen LogP contribution in [0.15, 0.2) is 28.5 Å². The van der Waals surface area contributed by atoms with E-state index >= 15 is 0 Å². The van der Waals surface area contributed by atoms with E-state index in [2.05, 4.69) is 17.2 Å². The number of thiazole rings is 1. The molecule has 4 rings (SSSR count). The number of nitrogens with zero attached hydrogens (tertiary/aromatic N) is 1. The van der Waals surface area contributed by atoms with Crippen LogP contribution in [0.2, 0.25) is 0 Å². The molecule has 0 saturated carbocycles. The third kappa shape index (κ3) is 3.28. The first-order chi connectivity index (χ1) is 12.3. The highest BCUT2D eigenvalue weighted by Gasteiger charge is 2.23. The molecule has 0 saturated heterocycles. The molecule has 1 atom stereocenters. The number of benzene rings is 1. The van der Waals surface area contributed by atoms with Crippen molar-refractivity contribution < 1.29 is 13.2 Å². The first kappa shape index (κ1) is 17.6. The molecule has 136 valence electrons. The molecule has 2 aromatic heterocycles. The predicted molar refractivity (Wildman–Crippen MR) is 106 cm³/mol. The van der Waals surface area contributed by atoms with Gasteiger partial charge in [0.2, 0.25) is 0 Å². The normalized spacial score (nSPS) is 17.2. The van der Waals surface area contributed by atoms with E-state index in [4.69, 9.17) is 0 Å². The number of sulfone groups is 1. The van der Waals surface area contributed by atoms with E-state index in [-0.39, 0.29) is 10.8 Å². The summed E-state index contributed by atoms with van der Waals surface area (Å²) in [7, 11) is -3.27. The van der Waals surface area contributed by atoms with Crippen LogP contribution < -0.4 is 5.32 Å². The largest absolute Gasteiger partial charge is 0.298 e. The van der Waals surface area contributed by atoms with E-state index in [1.165, 1.54) is 28.0 Å². The number of hydrogen-bond acceptors (Lipinski definition) is 6. The van der Waals surface area contributed by atoms with Crippen LogP contribution in [-0.4, -0.2) is 25.6 Å². The van der Waals surface area contributed by atoms with Gasteiger partial charge in [-0.3, -0.25) is 10.1 Å². The van der Waals surface area contributed by atoms with Crippen molar-refractivity contribution in [3.05, 3.63) is 39.6 Å². The van der Waals surface area contributed by atoms with Gasteiger partial charge in [-0.1, -0.05) is 18.3 Å². The van der Waals surface area contributed by atoms with E-state index < -0.39 is 9.84 Å². The fourth-order valence-electron chi connectivity index (χ4n) is 3.22. The predicted octanol–water partition coefficient (Wildman–Crippen LogP) is 4.14. The first-order valence-electron chi connectivity index (χ1n) is 8.32. The van der Waals surface area contributed by atoms with Crippen LogP contribution in [0.4, 0.5) is 5.13 Å². The Bertz CT molecular complexity index is 1110. The molecule has 2 heterocycles. The quantitative estimate of drug-likeness (QED) is 0.709. The monoisotopic (exact) mass is 406 g/mol. The Morgan fingerprint density at radius 2 is 2.15 bits per heavy atom. The van der Waals surface area contributed by atoms with Crippen molar-refractivity contribution in [3.8, 4) is 0 Å². The van der Waals surface area contributed by atoms with Crippen molar-refractivity contribution in [2.24, 2.45) is 5.92 Å². The van der Waals surface area contributed by atoms with Crippen molar-refractivity contribution in [1.82, 2.24) is 4.98 Å². The molecule has 0 aliphatic heterocycles. The summed E-state index contributed by atoms with van der Waals surface area (Å²) in [5, 5.41) is 5.30. The zero-order valence-electron chi connectivity index (χ0n) is 14.4. The number of rotatable bonds is 3. The number of fused-ring (bicyclic) bond motifs is 2. The van der Waals surface area contributed by atoms with Crippen molar-refractivity contribution in [2.75, 3.05) is 11.6 Å². The second-order valence-electron chi connectivity index (χ2n) is 6.77. The molecule has 3 aromatic rings.